The summed E-state index contributed by atoms with van der Waals surface area (Å²) in [6.07, 6.45) is 2.22. The highest BCUT2D eigenvalue weighted by molar-refractivity contribution is 5.81. The summed E-state index contributed by atoms with van der Waals surface area (Å²) in [6, 6.07) is 24.2. The van der Waals surface area contributed by atoms with Gasteiger partial charge in [0.2, 0.25) is 0 Å². The van der Waals surface area contributed by atoms with Crippen molar-refractivity contribution in [2.24, 2.45) is 0 Å². The first-order valence-corrected chi connectivity index (χ1v) is 8.56. The second-order valence-corrected chi connectivity index (χ2v) is 6.21. The highest BCUT2D eigenvalue weighted by Gasteiger charge is 2.13. The molecular weight excluding hydrogens is 308 g/mol. The number of rotatable bonds is 4. The van der Waals surface area contributed by atoms with E-state index in [0.717, 1.165) is 34.1 Å². The third kappa shape index (κ3) is 2.94. The third-order valence-corrected chi connectivity index (χ3v) is 4.61. The van der Waals surface area contributed by atoms with Gasteiger partial charge in [0.1, 0.15) is 6.10 Å². The van der Waals surface area contributed by atoms with Crippen LogP contribution in [0.5, 0.6) is 0 Å². The molecule has 4 aromatic rings. The number of aryl methyl sites for hydroxylation is 1. The van der Waals surface area contributed by atoms with E-state index in [1.165, 1.54) is 5.56 Å². The highest BCUT2D eigenvalue weighted by Crippen LogP contribution is 2.27. The smallest absolute Gasteiger partial charge is 0.104 e. The Labute approximate surface area is 147 Å². The number of aliphatic hydroxyl groups excluding tert-OH is 1. The lowest BCUT2D eigenvalue weighted by atomic mass is 9.99. The van der Waals surface area contributed by atoms with E-state index < -0.39 is 6.10 Å². The summed E-state index contributed by atoms with van der Waals surface area (Å²) >= 11 is 0. The van der Waals surface area contributed by atoms with Gasteiger partial charge in [-0.25, -0.2) is 4.68 Å². The minimum atomic E-state index is -0.629. The number of nitrogens with zero attached hydrogens (tertiary/aromatic N) is 2. The fourth-order valence-electron chi connectivity index (χ4n) is 3.12. The standard InChI is InChI=1S/C22H20N2O/c1-2-16-8-10-17(11-9-16)22(25)18-12-13-21-19(14-18)15-23-24(21)20-6-4-3-5-7-20/h3-15,22,25H,2H2,1H3. The zero-order chi connectivity index (χ0) is 17.2. The summed E-state index contributed by atoms with van der Waals surface area (Å²) in [5, 5.41) is 16.2. The van der Waals surface area contributed by atoms with Crippen molar-refractivity contribution in [3.8, 4) is 5.69 Å². The Morgan fingerprint density at radius 3 is 2.36 bits per heavy atom. The fourth-order valence-corrected chi connectivity index (χ4v) is 3.12. The molecule has 1 atom stereocenters. The van der Waals surface area contributed by atoms with E-state index in [1.54, 1.807) is 0 Å². The van der Waals surface area contributed by atoms with Crippen LogP contribution in [0.15, 0.2) is 79.0 Å². The topological polar surface area (TPSA) is 38.1 Å². The van der Waals surface area contributed by atoms with Gasteiger partial charge in [0, 0.05) is 5.39 Å². The van der Waals surface area contributed by atoms with Crippen LogP contribution in [0.2, 0.25) is 0 Å². The lowest BCUT2D eigenvalue weighted by Crippen LogP contribution is -2.00. The number of hydrogen-bond donors (Lipinski definition) is 1. The minimum absolute atomic E-state index is 0.629. The van der Waals surface area contributed by atoms with Crippen molar-refractivity contribution < 1.29 is 5.11 Å². The Morgan fingerprint density at radius 2 is 1.64 bits per heavy atom. The normalized spacial score (nSPS) is 12.4. The number of hydrogen-bond acceptors (Lipinski definition) is 2. The molecule has 3 nitrogen and oxygen atoms in total. The minimum Gasteiger partial charge on any atom is -0.384 e. The van der Waals surface area contributed by atoms with Crippen molar-refractivity contribution in [3.63, 3.8) is 0 Å². The number of fused-ring (bicyclic) bond motifs is 1. The molecule has 0 saturated carbocycles. The number of benzene rings is 3. The second kappa shape index (κ2) is 6.54. The molecule has 124 valence electrons. The molecule has 0 aliphatic rings. The van der Waals surface area contributed by atoms with E-state index in [9.17, 15) is 5.11 Å². The third-order valence-electron chi connectivity index (χ3n) is 4.61. The van der Waals surface area contributed by atoms with Crippen molar-refractivity contribution in [2.45, 2.75) is 19.4 Å². The van der Waals surface area contributed by atoms with Gasteiger partial charge in [0.15, 0.2) is 0 Å². The molecule has 0 aliphatic heterocycles. The van der Waals surface area contributed by atoms with Crippen LogP contribution in [0, 0.1) is 0 Å². The Morgan fingerprint density at radius 1 is 0.920 bits per heavy atom. The van der Waals surface area contributed by atoms with E-state index in [1.807, 2.05) is 71.5 Å². The monoisotopic (exact) mass is 328 g/mol. The zero-order valence-electron chi connectivity index (χ0n) is 14.1. The molecule has 0 radical (unpaired) electrons. The van der Waals surface area contributed by atoms with Gasteiger partial charge < -0.3 is 5.11 Å². The molecule has 4 rings (SSSR count). The first kappa shape index (κ1) is 15.6. The van der Waals surface area contributed by atoms with Crippen molar-refractivity contribution >= 4 is 10.9 Å². The first-order valence-electron chi connectivity index (χ1n) is 8.56. The zero-order valence-corrected chi connectivity index (χ0v) is 14.1. The molecule has 25 heavy (non-hydrogen) atoms. The van der Waals surface area contributed by atoms with Crippen molar-refractivity contribution in [3.05, 3.63) is 95.7 Å². The van der Waals surface area contributed by atoms with E-state index in [-0.39, 0.29) is 0 Å². The number of para-hydroxylation sites is 1. The Balaban J connectivity index is 1.69. The number of aromatic nitrogens is 2. The fraction of sp³-hybridized carbons (Fsp3) is 0.136. The molecular formula is C22H20N2O. The van der Waals surface area contributed by atoms with Gasteiger partial charge in [-0.1, -0.05) is 55.5 Å². The summed E-state index contributed by atoms with van der Waals surface area (Å²) in [6.45, 7) is 2.13. The maximum Gasteiger partial charge on any atom is 0.104 e. The van der Waals surface area contributed by atoms with Gasteiger partial charge in [0.25, 0.3) is 0 Å². The molecule has 0 amide bonds. The van der Waals surface area contributed by atoms with Crippen LogP contribution >= 0.6 is 0 Å². The van der Waals surface area contributed by atoms with Crippen LogP contribution in [0.4, 0.5) is 0 Å². The largest absolute Gasteiger partial charge is 0.384 e. The lowest BCUT2D eigenvalue weighted by Gasteiger charge is -2.12. The summed E-state index contributed by atoms with van der Waals surface area (Å²) in [4.78, 5) is 0. The van der Waals surface area contributed by atoms with E-state index >= 15 is 0 Å². The van der Waals surface area contributed by atoms with Crippen LogP contribution in [-0.4, -0.2) is 14.9 Å². The Kier molecular flexibility index (Phi) is 4.08. The molecule has 0 saturated heterocycles. The van der Waals surface area contributed by atoms with Crippen LogP contribution in [0.3, 0.4) is 0 Å². The summed E-state index contributed by atoms with van der Waals surface area (Å²) in [7, 11) is 0. The Bertz CT molecular complexity index is 988. The first-order chi connectivity index (χ1) is 12.3. The molecule has 0 aliphatic carbocycles. The van der Waals surface area contributed by atoms with Gasteiger partial charge >= 0.3 is 0 Å². The average molecular weight is 328 g/mol. The molecule has 0 spiro atoms. The second-order valence-electron chi connectivity index (χ2n) is 6.21. The molecule has 1 unspecified atom stereocenters. The van der Waals surface area contributed by atoms with E-state index in [0.29, 0.717) is 0 Å². The average Bonchev–Trinajstić information content (AvgIpc) is 3.11. The molecule has 1 aromatic heterocycles. The molecule has 3 heteroatoms. The lowest BCUT2D eigenvalue weighted by molar-refractivity contribution is 0.220. The van der Waals surface area contributed by atoms with Gasteiger partial charge in [0.05, 0.1) is 17.4 Å². The quantitative estimate of drug-likeness (QED) is 0.591. The van der Waals surface area contributed by atoms with E-state index in [4.69, 9.17) is 0 Å². The molecule has 1 heterocycles. The van der Waals surface area contributed by atoms with Crippen LogP contribution in [0.25, 0.3) is 16.6 Å². The van der Waals surface area contributed by atoms with Crippen molar-refractivity contribution in [1.82, 2.24) is 9.78 Å². The van der Waals surface area contributed by atoms with Gasteiger partial charge in [-0.2, -0.15) is 5.10 Å². The summed E-state index contributed by atoms with van der Waals surface area (Å²) in [5.41, 5.74) is 5.12. The van der Waals surface area contributed by atoms with E-state index in [2.05, 4.69) is 24.2 Å². The molecule has 3 aromatic carbocycles. The predicted octanol–water partition coefficient (Wildman–Crippen LogP) is 4.67. The van der Waals surface area contributed by atoms with Crippen molar-refractivity contribution in [1.29, 1.82) is 0 Å². The maximum absolute atomic E-state index is 10.7. The molecule has 0 fully saturated rings. The van der Waals surface area contributed by atoms with Crippen LogP contribution in [0.1, 0.15) is 29.7 Å². The van der Waals surface area contributed by atoms with Crippen LogP contribution in [-0.2, 0) is 6.42 Å². The van der Waals surface area contributed by atoms with Gasteiger partial charge in [-0.05, 0) is 47.4 Å². The number of aliphatic hydroxyl groups is 1. The van der Waals surface area contributed by atoms with Gasteiger partial charge in [-0.15, -0.1) is 0 Å². The highest BCUT2D eigenvalue weighted by atomic mass is 16.3. The Hall–Kier alpha value is -2.91. The summed E-state index contributed by atoms with van der Waals surface area (Å²) in [5.74, 6) is 0. The SMILES string of the molecule is CCc1ccc(C(O)c2ccc3c(cnn3-c3ccccc3)c2)cc1. The van der Waals surface area contributed by atoms with Crippen LogP contribution < -0.4 is 0 Å². The van der Waals surface area contributed by atoms with Crippen molar-refractivity contribution in [2.75, 3.05) is 0 Å². The molecule has 1 N–H and O–H groups in total. The molecule has 0 bridgehead atoms. The summed E-state index contributed by atoms with van der Waals surface area (Å²) < 4.78 is 1.92. The predicted molar refractivity (Wildman–Crippen MR) is 101 cm³/mol. The van der Waals surface area contributed by atoms with Gasteiger partial charge in [-0.3, -0.25) is 0 Å². The maximum atomic E-state index is 10.7.